The highest BCUT2D eigenvalue weighted by Crippen LogP contribution is 2.31. The number of hydrogen-bond acceptors (Lipinski definition) is 4. The third-order valence-electron chi connectivity index (χ3n) is 4.45. The van der Waals surface area contributed by atoms with Crippen molar-refractivity contribution in [2.75, 3.05) is 33.1 Å². The summed E-state index contributed by atoms with van der Waals surface area (Å²) >= 11 is 0. The van der Waals surface area contributed by atoms with Gasteiger partial charge in [-0.3, -0.25) is 0 Å². The van der Waals surface area contributed by atoms with E-state index in [1.807, 2.05) is 31.3 Å². The first-order valence-corrected chi connectivity index (χ1v) is 9.57. The van der Waals surface area contributed by atoms with E-state index in [9.17, 15) is 8.42 Å². The lowest BCUT2D eigenvalue weighted by atomic mass is 10.1. The largest absolute Gasteiger partial charge is 0.379 e. The van der Waals surface area contributed by atoms with Crippen LogP contribution in [0.3, 0.4) is 0 Å². The summed E-state index contributed by atoms with van der Waals surface area (Å²) in [4.78, 5) is 4.49. The summed E-state index contributed by atoms with van der Waals surface area (Å²) in [7, 11) is -0.140. The lowest BCUT2D eigenvalue weighted by Gasteiger charge is -2.22. The van der Waals surface area contributed by atoms with Crippen molar-refractivity contribution in [2.24, 2.45) is 5.92 Å². The van der Waals surface area contributed by atoms with Crippen molar-refractivity contribution in [3.05, 3.63) is 42.2 Å². The third kappa shape index (κ3) is 3.38. The van der Waals surface area contributed by atoms with Gasteiger partial charge in [0.05, 0.1) is 25.0 Å². The summed E-state index contributed by atoms with van der Waals surface area (Å²) in [6, 6.07) is 8.12. The first kappa shape index (κ1) is 17.1. The van der Waals surface area contributed by atoms with E-state index in [0.717, 1.165) is 17.0 Å². The van der Waals surface area contributed by atoms with Crippen LogP contribution < -0.4 is 0 Å². The quantitative estimate of drug-likeness (QED) is 0.827. The molecule has 2 atom stereocenters. The Morgan fingerprint density at radius 3 is 2.83 bits per heavy atom. The van der Waals surface area contributed by atoms with Crippen LogP contribution in [0.2, 0.25) is 0 Å². The van der Waals surface area contributed by atoms with Gasteiger partial charge >= 0.3 is 0 Å². The molecule has 6 nitrogen and oxygen atoms in total. The van der Waals surface area contributed by atoms with Gasteiger partial charge in [0, 0.05) is 38.0 Å². The maximum absolute atomic E-state index is 12.2. The van der Waals surface area contributed by atoms with Crippen LogP contribution in [-0.4, -0.2) is 55.3 Å². The van der Waals surface area contributed by atoms with Gasteiger partial charge in [0.2, 0.25) is 10.0 Å². The minimum atomic E-state index is -3.27. The molecular formula is C17H23N3O3S. The highest BCUT2D eigenvalue weighted by Gasteiger charge is 2.35. The Morgan fingerprint density at radius 2 is 2.12 bits per heavy atom. The molecule has 3 rings (SSSR count). The summed E-state index contributed by atoms with van der Waals surface area (Å²) in [6.07, 6.45) is 3.67. The number of imidazole rings is 1. The summed E-state index contributed by atoms with van der Waals surface area (Å²) in [5, 5.41) is 0. The number of hydrogen-bond donors (Lipinski definition) is 0. The van der Waals surface area contributed by atoms with E-state index in [1.54, 1.807) is 20.3 Å². The van der Waals surface area contributed by atoms with E-state index in [-0.39, 0.29) is 17.7 Å². The zero-order valence-electron chi connectivity index (χ0n) is 14.2. The molecule has 1 saturated heterocycles. The average molecular weight is 349 g/mol. The van der Waals surface area contributed by atoms with E-state index in [0.29, 0.717) is 13.2 Å². The number of aromatic nitrogens is 2. The molecule has 130 valence electrons. The lowest BCUT2D eigenvalue weighted by molar-refractivity contribution is 0.182. The number of rotatable bonds is 5. The second-order valence-electron chi connectivity index (χ2n) is 6.45. The molecule has 2 heterocycles. The molecule has 0 bridgehead atoms. The van der Waals surface area contributed by atoms with Crippen LogP contribution >= 0.6 is 0 Å². The molecule has 1 aliphatic rings. The predicted octanol–water partition coefficient (Wildman–Crippen LogP) is 1.94. The molecule has 1 aromatic carbocycles. The predicted molar refractivity (Wildman–Crippen MR) is 93.2 cm³/mol. The van der Waals surface area contributed by atoms with Gasteiger partial charge in [-0.25, -0.2) is 17.7 Å². The van der Waals surface area contributed by atoms with Gasteiger partial charge in [-0.05, 0) is 13.0 Å². The van der Waals surface area contributed by atoms with Crippen LogP contribution in [-0.2, 0) is 14.8 Å². The Morgan fingerprint density at radius 1 is 1.33 bits per heavy atom. The van der Waals surface area contributed by atoms with Gasteiger partial charge in [-0.1, -0.05) is 23.8 Å². The van der Waals surface area contributed by atoms with Crippen molar-refractivity contribution >= 4 is 10.0 Å². The smallest absolute Gasteiger partial charge is 0.214 e. The number of ether oxygens (including phenoxy) is 1. The Labute approximate surface area is 143 Å². The van der Waals surface area contributed by atoms with Crippen LogP contribution in [0.1, 0.15) is 11.6 Å². The molecule has 0 radical (unpaired) electrons. The molecule has 1 aromatic heterocycles. The SMILES string of the molecule is Cc1cccc(-c2nccn2[C@@H]2COC[C@@H]2CS(=O)(=O)N(C)C)c1. The molecule has 0 unspecified atom stereocenters. The fourth-order valence-corrected chi connectivity index (χ4v) is 4.22. The average Bonchev–Trinajstić information content (AvgIpc) is 3.15. The first-order valence-electron chi connectivity index (χ1n) is 7.96. The van der Waals surface area contributed by atoms with Gasteiger partial charge in [0.15, 0.2) is 0 Å². The van der Waals surface area contributed by atoms with E-state index in [2.05, 4.69) is 15.6 Å². The second-order valence-corrected chi connectivity index (χ2v) is 8.68. The van der Waals surface area contributed by atoms with Crippen molar-refractivity contribution in [2.45, 2.75) is 13.0 Å². The fraction of sp³-hybridized carbons (Fsp3) is 0.471. The maximum Gasteiger partial charge on any atom is 0.214 e. The monoisotopic (exact) mass is 349 g/mol. The highest BCUT2D eigenvalue weighted by molar-refractivity contribution is 7.89. The van der Waals surface area contributed by atoms with Crippen molar-refractivity contribution in [1.29, 1.82) is 0 Å². The van der Waals surface area contributed by atoms with Gasteiger partial charge < -0.3 is 9.30 Å². The Balaban J connectivity index is 1.91. The van der Waals surface area contributed by atoms with Crippen LogP contribution in [0.5, 0.6) is 0 Å². The third-order valence-corrected chi connectivity index (χ3v) is 6.41. The first-order chi connectivity index (χ1) is 11.4. The van der Waals surface area contributed by atoms with Gasteiger partial charge in [0.25, 0.3) is 0 Å². The maximum atomic E-state index is 12.2. The van der Waals surface area contributed by atoms with Crippen molar-refractivity contribution in [3.8, 4) is 11.4 Å². The van der Waals surface area contributed by atoms with Crippen LogP contribution in [0, 0.1) is 12.8 Å². The van der Waals surface area contributed by atoms with E-state index < -0.39 is 10.0 Å². The molecule has 0 aliphatic carbocycles. The van der Waals surface area contributed by atoms with Crippen molar-refractivity contribution < 1.29 is 13.2 Å². The van der Waals surface area contributed by atoms with Crippen molar-refractivity contribution in [3.63, 3.8) is 0 Å². The highest BCUT2D eigenvalue weighted by atomic mass is 32.2. The summed E-state index contributed by atoms with van der Waals surface area (Å²) in [5.41, 5.74) is 2.19. The number of sulfonamides is 1. The molecule has 2 aromatic rings. The minimum Gasteiger partial charge on any atom is -0.379 e. The summed E-state index contributed by atoms with van der Waals surface area (Å²) in [6.45, 7) is 2.99. The Bertz CT molecular complexity index is 814. The zero-order chi connectivity index (χ0) is 17.3. The molecule has 0 spiro atoms. The molecule has 0 saturated carbocycles. The summed E-state index contributed by atoms with van der Waals surface area (Å²) < 4.78 is 33.4. The molecule has 0 amide bonds. The molecule has 0 N–H and O–H groups in total. The van der Waals surface area contributed by atoms with E-state index in [4.69, 9.17) is 4.74 Å². The Kier molecular flexibility index (Phi) is 4.76. The zero-order valence-corrected chi connectivity index (χ0v) is 15.0. The number of benzene rings is 1. The van der Waals surface area contributed by atoms with Crippen LogP contribution in [0.25, 0.3) is 11.4 Å². The van der Waals surface area contributed by atoms with E-state index >= 15 is 0 Å². The molecular weight excluding hydrogens is 326 g/mol. The standard InChI is InChI=1S/C17H23N3O3S/c1-13-5-4-6-14(9-13)17-18-7-8-20(17)16-11-23-10-15(16)12-24(21,22)19(2)3/h4-9,15-16H,10-12H2,1-3H3/t15-,16-/m1/s1. The molecule has 24 heavy (non-hydrogen) atoms. The van der Waals surface area contributed by atoms with Crippen molar-refractivity contribution in [1.82, 2.24) is 13.9 Å². The summed E-state index contributed by atoms with van der Waals surface area (Å²) in [5.74, 6) is 0.840. The molecule has 7 heteroatoms. The van der Waals surface area contributed by atoms with Gasteiger partial charge in [0.1, 0.15) is 5.82 Å². The molecule has 1 fully saturated rings. The minimum absolute atomic E-state index is 0.0299. The fourth-order valence-electron chi connectivity index (χ4n) is 3.06. The Hall–Kier alpha value is -1.70. The van der Waals surface area contributed by atoms with Crippen LogP contribution in [0.4, 0.5) is 0 Å². The van der Waals surface area contributed by atoms with E-state index in [1.165, 1.54) is 4.31 Å². The molecule has 1 aliphatic heterocycles. The normalized spacial score (nSPS) is 21.5. The van der Waals surface area contributed by atoms with Crippen LogP contribution in [0.15, 0.2) is 36.7 Å². The van der Waals surface area contributed by atoms with Gasteiger partial charge in [-0.2, -0.15) is 0 Å². The van der Waals surface area contributed by atoms with Gasteiger partial charge in [-0.15, -0.1) is 0 Å². The number of nitrogens with zero attached hydrogens (tertiary/aromatic N) is 3. The topological polar surface area (TPSA) is 64.4 Å². The lowest BCUT2D eigenvalue weighted by Crippen LogP contribution is -2.32. The second kappa shape index (κ2) is 6.66. The number of aryl methyl sites for hydroxylation is 1.